The van der Waals surface area contributed by atoms with Gasteiger partial charge >= 0.3 is 12.0 Å². The van der Waals surface area contributed by atoms with E-state index >= 15 is 0 Å². The SMILES string of the molecule is CN(Cc1nccn1C)C(=O)NCC(O)C(=O)O. The normalized spacial score (nSPS) is 11.9. The van der Waals surface area contributed by atoms with E-state index in [-0.39, 0.29) is 6.54 Å². The Hall–Kier alpha value is -2.09. The first kappa shape index (κ1) is 14.0. The molecule has 8 nitrogen and oxygen atoms in total. The molecule has 1 aromatic rings. The van der Waals surface area contributed by atoms with Crippen molar-refractivity contribution in [3.05, 3.63) is 18.2 Å². The average Bonchev–Trinajstić information content (AvgIpc) is 2.71. The van der Waals surface area contributed by atoms with Crippen LogP contribution in [0.4, 0.5) is 4.79 Å². The van der Waals surface area contributed by atoms with Crippen LogP contribution in [-0.2, 0) is 18.4 Å². The number of aliphatic hydroxyl groups is 1. The third-order valence-corrected chi connectivity index (χ3v) is 2.38. The van der Waals surface area contributed by atoms with Crippen molar-refractivity contribution in [1.82, 2.24) is 19.8 Å². The summed E-state index contributed by atoms with van der Waals surface area (Å²) >= 11 is 0. The number of hydrogen-bond acceptors (Lipinski definition) is 4. The van der Waals surface area contributed by atoms with Crippen LogP contribution < -0.4 is 5.32 Å². The third kappa shape index (κ3) is 3.74. The molecule has 0 aliphatic carbocycles. The summed E-state index contributed by atoms with van der Waals surface area (Å²) in [6.07, 6.45) is 1.78. The predicted octanol–water partition coefficient (Wildman–Crippen LogP) is -0.993. The summed E-state index contributed by atoms with van der Waals surface area (Å²) in [5, 5.41) is 19.8. The molecule has 0 radical (unpaired) electrons. The molecule has 0 aromatic carbocycles. The van der Waals surface area contributed by atoms with Crippen molar-refractivity contribution >= 4 is 12.0 Å². The lowest BCUT2D eigenvalue weighted by Crippen LogP contribution is -2.42. The fraction of sp³-hybridized carbons (Fsp3) is 0.500. The van der Waals surface area contributed by atoms with Crippen molar-refractivity contribution < 1.29 is 19.8 Å². The van der Waals surface area contributed by atoms with Crippen LogP contribution in [0.15, 0.2) is 12.4 Å². The summed E-state index contributed by atoms with van der Waals surface area (Å²) in [5.41, 5.74) is 0. The lowest BCUT2D eigenvalue weighted by atomic mass is 10.3. The summed E-state index contributed by atoms with van der Waals surface area (Å²) in [6.45, 7) is -0.0441. The number of carbonyl (C=O) groups excluding carboxylic acids is 1. The van der Waals surface area contributed by atoms with Gasteiger partial charge in [0, 0.05) is 26.5 Å². The van der Waals surface area contributed by atoms with Gasteiger partial charge in [0.15, 0.2) is 6.10 Å². The van der Waals surface area contributed by atoms with Gasteiger partial charge in [-0.15, -0.1) is 0 Å². The molecule has 2 amide bonds. The van der Waals surface area contributed by atoms with Crippen molar-refractivity contribution in [2.45, 2.75) is 12.6 Å². The molecule has 8 heteroatoms. The van der Waals surface area contributed by atoms with Crippen LogP contribution in [0.1, 0.15) is 5.82 Å². The quantitative estimate of drug-likeness (QED) is 0.626. The molecule has 3 N–H and O–H groups in total. The molecule has 0 aliphatic rings. The molecule has 1 heterocycles. The zero-order valence-corrected chi connectivity index (χ0v) is 10.2. The van der Waals surface area contributed by atoms with Gasteiger partial charge in [0.2, 0.25) is 0 Å². The molecule has 1 unspecified atom stereocenters. The maximum atomic E-state index is 11.6. The van der Waals surface area contributed by atoms with Crippen molar-refractivity contribution in [1.29, 1.82) is 0 Å². The highest BCUT2D eigenvalue weighted by molar-refractivity contribution is 5.76. The summed E-state index contributed by atoms with van der Waals surface area (Å²) in [6, 6.07) is -0.474. The topological polar surface area (TPSA) is 108 Å². The lowest BCUT2D eigenvalue weighted by molar-refractivity contribution is -0.146. The van der Waals surface area contributed by atoms with E-state index in [0.717, 1.165) is 0 Å². The van der Waals surface area contributed by atoms with Gasteiger partial charge in [-0.3, -0.25) is 0 Å². The number of aliphatic carboxylic acids is 1. The minimum Gasteiger partial charge on any atom is -0.479 e. The maximum Gasteiger partial charge on any atom is 0.334 e. The number of aryl methyl sites for hydroxylation is 1. The number of carbonyl (C=O) groups is 2. The summed E-state index contributed by atoms with van der Waals surface area (Å²) in [7, 11) is 3.36. The molecule has 0 saturated carbocycles. The summed E-state index contributed by atoms with van der Waals surface area (Å²) in [5.74, 6) is -0.673. The highest BCUT2D eigenvalue weighted by Crippen LogP contribution is 1.99. The molecule has 18 heavy (non-hydrogen) atoms. The van der Waals surface area contributed by atoms with E-state index in [1.54, 1.807) is 24.0 Å². The molecule has 100 valence electrons. The van der Waals surface area contributed by atoms with E-state index in [1.165, 1.54) is 4.90 Å². The fourth-order valence-corrected chi connectivity index (χ4v) is 1.24. The van der Waals surface area contributed by atoms with Gasteiger partial charge in [0.25, 0.3) is 0 Å². The largest absolute Gasteiger partial charge is 0.479 e. The number of amides is 2. The molecule has 0 fully saturated rings. The Morgan fingerprint density at radius 2 is 2.28 bits per heavy atom. The molecule has 1 rings (SSSR count). The molecule has 0 bridgehead atoms. The molecule has 0 aliphatic heterocycles. The Morgan fingerprint density at radius 1 is 1.61 bits per heavy atom. The standard InChI is InChI=1S/C10H16N4O4/c1-13-4-3-11-8(13)6-14(2)10(18)12-5-7(15)9(16)17/h3-4,7,15H,5-6H2,1-2H3,(H,12,18)(H,16,17). The summed E-state index contributed by atoms with van der Waals surface area (Å²) < 4.78 is 1.77. The number of aromatic nitrogens is 2. The second-order valence-corrected chi connectivity index (χ2v) is 3.85. The Kier molecular flexibility index (Phi) is 4.67. The molecule has 1 atom stereocenters. The molecule has 1 aromatic heterocycles. The zero-order valence-electron chi connectivity index (χ0n) is 10.2. The highest BCUT2D eigenvalue weighted by Gasteiger charge is 2.16. The van der Waals surface area contributed by atoms with Gasteiger partial charge in [0.1, 0.15) is 5.82 Å². The smallest absolute Gasteiger partial charge is 0.334 e. The summed E-state index contributed by atoms with van der Waals surface area (Å²) in [4.78, 5) is 27.3. The van der Waals surface area contributed by atoms with Crippen LogP contribution in [0.3, 0.4) is 0 Å². The fourth-order valence-electron chi connectivity index (χ4n) is 1.24. The van der Waals surface area contributed by atoms with E-state index in [0.29, 0.717) is 12.4 Å². The van der Waals surface area contributed by atoms with Gasteiger partial charge in [-0.05, 0) is 0 Å². The van der Waals surface area contributed by atoms with Gasteiger partial charge in [-0.2, -0.15) is 0 Å². The molecule has 0 spiro atoms. The number of urea groups is 1. The zero-order chi connectivity index (χ0) is 13.7. The highest BCUT2D eigenvalue weighted by atomic mass is 16.4. The van der Waals surface area contributed by atoms with Crippen LogP contribution in [0.2, 0.25) is 0 Å². The van der Waals surface area contributed by atoms with E-state index in [4.69, 9.17) is 10.2 Å². The second kappa shape index (κ2) is 6.01. The number of imidazole rings is 1. The van der Waals surface area contributed by atoms with Gasteiger partial charge in [-0.1, -0.05) is 0 Å². The number of nitrogens with zero attached hydrogens (tertiary/aromatic N) is 3. The van der Waals surface area contributed by atoms with E-state index < -0.39 is 18.1 Å². The minimum atomic E-state index is -1.60. The van der Waals surface area contributed by atoms with Crippen LogP contribution >= 0.6 is 0 Å². The van der Waals surface area contributed by atoms with Gasteiger partial charge in [-0.25, -0.2) is 14.6 Å². The van der Waals surface area contributed by atoms with Crippen molar-refractivity contribution in [2.24, 2.45) is 7.05 Å². The van der Waals surface area contributed by atoms with Crippen molar-refractivity contribution in [3.63, 3.8) is 0 Å². The van der Waals surface area contributed by atoms with Crippen LogP contribution in [0, 0.1) is 0 Å². The first-order valence-corrected chi connectivity index (χ1v) is 5.28. The molecular formula is C10H16N4O4. The molecule has 0 saturated heterocycles. The first-order valence-electron chi connectivity index (χ1n) is 5.28. The number of carboxylic acids is 1. The maximum absolute atomic E-state index is 11.6. The Labute approximate surface area is 104 Å². The number of hydrogen-bond donors (Lipinski definition) is 3. The number of carboxylic acid groups (broad SMARTS) is 1. The monoisotopic (exact) mass is 256 g/mol. The number of aliphatic hydroxyl groups excluding tert-OH is 1. The molecular weight excluding hydrogens is 240 g/mol. The Bertz CT molecular complexity index is 431. The number of rotatable bonds is 5. The number of nitrogens with one attached hydrogen (secondary N) is 1. The third-order valence-electron chi connectivity index (χ3n) is 2.38. The van der Waals surface area contributed by atoms with Crippen molar-refractivity contribution in [3.8, 4) is 0 Å². The predicted molar refractivity (Wildman–Crippen MR) is 61.7 cm³/mol. The Balaban J connectivity index is 2.42. The van der Waals surface area contributed by atoms with Gasteiger partial charge < -0.3 is 25.0 Å². The van der Waals surface area contributed by atoms with Crippen molar-refractivity contribution in [2.75, 3.05) is 13.6 Å². The second-order valence-electron chi connectivity index (χ2n) is 3.85. The lowest BCUT2D eigenvalue weighted by Gasteiger charge is -2.18. The van der Waals surface area contributed by atoms with E-state index in [9.17, 15) is 9.59 Å². The first-order chi connectivity index (χ1) is 8.41. The Morgan fingerprint density at radius 3 is 2.78 bits per heavy atom. The van der Waals surface area contributed by atoms with E-state index in [1.807, 2.05) is 7.05 Å². The van der Waals surface area contributed by atoms with Crippen LogP contribution in [0.5, 0.6) is 0 Å². The average molecular weight is 256 g/mol. The van der Waals surface area contributed by atoms with Gasteiger partial charge in [0.05, 0.1) is 13.1 Å². The van der Waals surface area contributed by atoms with E-state index in [2.05, 4.69) is 10.3 Å². The van der Waals surface area contributed by atoms with Crippen LogP contribution in [0.25, 0.3) is 0 Å². The minimum absolute atomic E-state index is 0.290. The van der Waals surface area contributed by atoms with Crippen LogP contribution in [-0.4, -0.2) is 56.4 Å².